The van der Waals surface area contributed by atoms with Crippen LogP contribution in [0.25, 0.3) is 0 Å². The van der Waals surface area contributed by atoms with Crippen LogP contribution in [0.3, 0.4) is 0 Å². The predicted molar refractivity (Wildman–Crippen MR) is 64.5 cm³/mol. The molecule has 0 N–H and O–H groups in total. The van der Waals surface area contributed by atoms with Crippen molar-refractivity contribution in [1.29, 1.82) is 0 Å². The van der Waals surface area contributed by atoms with Crippen LogP contribution in [0, 0.1) is 6.92 Å². The number of halogens is 1. The van der Waals surface area contributed by atoms with Crippen molar-refractivity contribution >= 4 is 11.6 Å². The van der Waals surface area contributed by atoms with E-state index in [1.54, 1.807) is 6.07 Å². The van der Waals surface area contributed by atoms with E-state index in [4.69, 9.17) is 21.1 Å². The van der Waals surface area contributed by atoms with E-state index in [1.165, 1.54) is 0 Å². The quantitative estimate of drug-likeness (QED) is 0.758. The van der Waals surface area contributed by atoms with E-state index < -0.39 is 0 Å². The van der Waals surface area contributed by atoms with Crippen LogP contribution in [0.5, 0.6) is 5.88 Å². The maximum absolute atomic E-state index is 5.75. The Labute approximate surface area is 106 Å². The Morgan fingerprint density at radius 1 is 1.41 bits per heavy atom. The van der Waals surface area contributed by atoms with Gasteiger partial charge in [-0.3, -0.25) is 4.90 Å². The number of nitrogens with zero attached hydrogens (tertiary/aromatic N) is 3. The lowest BCUT2D eigenvalue weighted by molar-refractivity contribution is 0.0320. The number of rotatable bonds is 4. The average Bonchev–Trinajstić information content (AvgIpc) is 2.29. The fraction of sp³-hybridized carbons (Fsp3) is 0.636. The Morgan fingerprint density at radius 2 is 2.18 bits per heavy atom. The summed E-state index contributed by atoms with van der Waals surface area (Å²) in [6, 6.07) is 1.78. The van der Waals surface area contributed by atoms with Crippen molar-refractivity contribution in [2.45, 2.75) is 6.92 Å². The van der Waals surface area contributed by atoms with E-state index in [0.29, 0.717) is 12.5 Å². The molecular weight excluding hydrogens is 242 g/mol. The standard InChI is InChI=1S/C11H16ClN3O2/c1-9-8-10(14-11(12)13-9)17-7-4-15-2-5-16-6-3-15/h8H,2-7H2,1H3. The van der Waals surface area contributed by atoms with E-state index in [1.807, 2.05) is 6.92 Å². The fourth-order valence-corrected chi connectivity index (χ4v) is 1.90. The molecule has 1 aliphatic heterocycles. The third-order valence-electron chi connectivity index (χ3n) is 2.56. The molecule has 6 heteroatoms. The van der Waals surface area contributed by atoms with Gasteiger partial charge in [0.2, 0.25) is 11.2 Å². The zero-order valence-electron chi connectivity index (χ0n) is 9.86. The first-order valence-corrected chi connectivity index (χ1v) is 6.06. The van der Waals surface area contributed by atoms with Crippen LogP contribution in [0.4, 0.5) is 0 Å². The van der Waals surface area contributed by atoms with E-state index >= 15 is 0 Å². The Kier molecular flexibility index (Phi) is 4.53. The highest BCUT2D eigenvalue weighted by atomic mass is 35.5. The molecule has 0 spiro atoms. The molecular formula is C11H16ClN3O2. The lowest BCUT2D eigenvalue weighted by atomic mass is 10.4. The predicted octanol–water partition coefficient (Wildman–Crippen LogP) is 1.15. The van der Waals surface area contributed by atoms with Gasteiger partial charge in [0, 0.05) is 31.4 Å². The van der Waals surface area contributed by atoms with Crippen molar-refractivity contribution < 1.29 is 9.47 Å². The summed E-state index contributed by atoms with van der Waals surface area (Å²) in [7, 11) is 0. The van der Waals surface area contributed by atoms with Crippen molar-refractivity contribution in [2.24, 2.45) is 0 Å². The number of ether oxygens (including phenoxy) is 2. The Balaban J connectivity index is 1.77. The van der Waals surface area contributed by atoms with Gasteiger partial charge in [-0.05, 0) is 18.5 Å². The van der Waals surface area contributed by atoms with Gasteiger partial charge in [0.15, 0.2) is 0 Å². The van der Waals surface area contributed by atoms with Gasteiger partial charge in [-0.15, -0.1) is 0 Å². The third kappa shape index (κ3) is 4.11. The van der Waals surface area contributed by atoms with Gasteiger partial charge in [0.25, 0.3) is 0 Å². The average molecular weight is 258 g/mol. The van der Waals surface area contributed by atoms with Gasteiger partial charge in [0.05, 0.1) is 13.2 Å². The molecule has 0 aromatic carbocycles. The van der Waals surface area contributed by atoms with E-state index in [0.717, 1.165) is 38.5 Å². The van der Waals surface area contributed by atoms with Crippen molar-refractivity contribution in [3.8, 4) is 5.88 Å². The summed E-state index contributed by atoms with van der Waals surface area (Å²) in [6.07, 6.45) is 0. The van der Waals surface area contributed by atoms with Gasteiger partial charge in [0.1, 0.15) is 6.61 Å². The minimum absolute atomic E-state index is 0.228. The molecule has 0 atom stereocenters. The first-order valence-electron chi connectivity index (χ1n) is 5.68. The van der Waals surface area contributed by atoms with Crippen LogP contribution in [0.15, 0.2) is 6.07 Å². The van der Waals surface area contributed by atoms with Crippen LogP contribution in [-0.2, 0) is 4.74 Å². The van der Waals surface area contributed by atoms with Crippen LogP contribution in [-0.4, -0.2) is 54.3 Å². The molecule has 2 heterocycles. The second-order valence-electron chi connectivity index (χ2n) is 3.92. The first-order chi connectivity index (χ1) is 8.24. The number of hydrogen-bond donors (Lipinski definition) is 0. The molecule has 17 heavy (non-hydrogen) atoms. The van der Waals surface area contributed by atoms with Crippen molar-refractivity contribution in [3.63, 3.8) is 0 Å². The lowest BCUT2D eigenvalue weighted by Gasteiger charge is -2.26. The van der Waals surface area contributed by atoms with E-state index in [-0.39, 0.29) is 5.28 Å². The summed E-state index contributed by atoms with van der Waals surface area (Å²) in [5, 5.41) is 0.228. The summed E-state index contributed by atoms with van der Waals surface area (Å²) in [5.41, 5.74) is 0.811. The monoisotopic (exact) mass is 257 g/mol. The first kappa shape index (κ1) is 12.5. The molecule has 0 bridgehead atoms. The molecule has 2 rings (SSSR count). The molecule has 5 nitrogen and oxygen atoms in total. The fourth-order valence-electron chi connectivity index (χ4n) is 1.68. The van der Waals surface area contributed by atoms with Crippen molar-refractivity contribution in [2.75, 3.05) is 39.5 Å². The number of aromatic nitrogens is 2. The Bertz CT molecular complexity index is 349. The molecule has 1 aliphatic rings. The second-order valence-corrected chi connectivity index (χ2v) is 4.26. The molecule has 0 saturated carbocycles. The highest BCUT2D eigenvalue weighted by Gasteiger charge is 2.10. The number of hydrogen-bond acceptors (Lipinski definition) is 5. The molecule has 0 amide bonds. The smallest absolute Gasteiger partial charge is 0.225 e. The topological polar surface area (TPSA) is 47.5 Å². The summed E-state index contributed by atoms with van der Waals surface area (Å²) < 4.78 is 10.8. The minimum Gasteiger partial charge on any atom is -0.476 e. The van der Waals surface area contributed by atoms with E-state index in [9.17, 15) is 0 Å². The maximum atomic E-state index is 5.75. The Morgan fingerprint density at radius 3 is 2.88 bits per heavy atom. The van der Waals surface area contributed by atoms with Crippen molar-refractivity contribution in [1.82, 2.24) is 14.9 Å². The second kappa shape index (κ2) is 6.14. The molecule has 0 aliphatic carbocycles. The molecule has 0 radical (unpaired) electrons. The highest BCUT2D eigenvalue weighted by Crippen LogP contribution is 2.11. The summed E-state index contributed by atoms with van der Waals surface area (Å²) >= 11 is 5.75. The lowest BCUT2D eigenvalue weighted by Crippen LogP contribution is -2.38. The molecule has 94 valence electrons. The van der Waals surface area contributed by atoms with Crippen LogP contribution in [0.2, 0.25) is 5.28 Å². The molecule has 1 aromatic heterocycles. The summed E-state index contributed by atoms with van der Waals surface area (Å²) in [6.45, 7) is 6.88. The normalized spacial score (nSPS) is 17.1. The molecule has 1 aromatic rings. The van der Waals surface area contributed by atoms with Gasteiger partial charge >= 0.3 is 0 Å². The van der Waals surface area contributed by atoms with Crippen LogP contribution >= 0.6 is 11.6 Å². The van der Waals surface area contributed by atoms with E-state index in [2.05, 4.69) is 14.9 Å². The van der Waals surface area contributed by atoms with Gasteiger partial charge in [-0.1, -0.05) is 0 Å². The van der Waals surface area contributed by atoms with Gasteiger partial charge in [-0.25, -0.2) is 4.98 Å². The summed E-state index contributed by atoms with van der Waals surface area (Å²) in [4.78, 5) is 10.3. The third-order valence-corrected chi connectivity index (χ3v) is 2.73. The van der Waals surface area contributed by atoms with Crippen LogP contribution < -0.4 is 4.74 Å². The Hall–Kier alpha value is -0.910. The molecule has 0 unspecified atom stereocenters. The minimum atomic E-state index is 0.228. The molecule has 1 fully saturated rings. The van der Waals surface area contributed by atoms with Gasteiger partial charge < -0.3 is 9.47 Å². The maximum Gasteiger partial charge on any atom is 0.225 e. The SMILES string of the molecule is Cc1cc(OCCN2CCOCC2)nc(Cl)n1. The highest BCUT2D eigenvalue weighted by molar-refractivity contribution is 6.28. The zero-order valence-corrected chi connectivity index (χ0v) is 10.6. The van der Waals surface area contributed by atoms with Crippen LogP contribution in [0.1, 0.15) is 5.69 Å². The van der Waals surface area contributed by atoms with Gasteiger partial charge in [-0.2, -0.15) is 4.98 Å². The number of morpholine rings is 1. The van der Waals surface area contributed by atoms with Crippen molar-refractivity contribution in [3.05, 3.63) is 17.0 Å². The summed E-state index contributed by atoms with van der Waals surface area (Å²) in [5.74, 6) is 0.538. The zero-order chi connectivity index (χ0) is 12.1. The largest absolute Gasteiger partial charge is 0.476 e. The molecule has 1 saturated heterocycles. The number of aryl methyl sites for hydroxylation is 1.